The normalized spacial score (nSPS) is 15.6. The van der Waals surface area contributed by atoms with Crippen molar-refractivity contribution in [2.45, 2.75) is 12.5 Å². The molecule has 184 valence electrons. The van der Waals surface area contributed by atoms with Crippen LogP contribution in [0, 0.1) is 5.82 Å². The number of aliphatic hydroxyl groups excluding tert-OH is 1. The summed E-state index contributed by atoms with van der Waals surface area (Å²) in [6.45, 7) is 0.135. The predicted octanol–water partition coefficient (Wildman–Crippen LogP) is 5.06. The van der Waals surface area contributed by atoms with Crippen LogP contribution < -0.4 is 9.47 Å². The zero-order chi connectivity index (χ0) is 25.7. The summed E-state index contributed by atoms with van der Waals surface area (Å²) in [4.78, 5) is 27.6. The molecule has 1 aliphatic rings. The number of rotatable bonds is 9. The van der Waals surface area contributed by atoms with E-state index in [1.165, 1.54) is 36.3 Å². The fourth-order valence-electron chi connectivity index (χ4n) is 4.27. The number of hydrogen-bond acceptors (Lipinski definition) is 5. The van der Waals surface area contributed by atoms with Crippen LogP contribution in [-0.2, 0) is 16.0 Å². The zero-order valence-corrected chi connectivity index (χ0v) is 20.0. The van der Waals surface area contributed by atoms with Gasteiger partial charge in [-0.05, 0) is 41.8 Å². The van der Waals surface area contributed by atoms with E-state index in [2.05, 4.69) is 0 Å². The van der Waals surface area contributed by atoms with Gasteiger partial charge in [-0.1, -0.05) is 60.7 Å². The lowest BCUT2D eigenvalue weighted by molar-refractivity contribution is -0.129. The number of methoxy groups -OCH3 is 2. The van der Waals surface area contributed by atoms with Crippen LogP contribution in [0.15, 0.2) is 90.2 Å². The number of hydrogen-bond donors (Lipinski definition) is 1. The van der Waals surface area contributed by atoms with Crippen molar-refractivity contribution in [2.75, 3.05) is 20.8 Å². The number of amides is 1. The van der Waals surface area contributed by atoms with Gasteiger partial charge in [0.1, 0.15) is 5.82 Å². The van der Waals surface area contributed by atoms with Gasteiger partial charge >= 0.3 is 0 Å². The summed E-state index contributed by atoms with van der Waals surface area (Å²) < 4.78 is 25.5. The van der Waals surface area contributed by atoms with Crippen LogP contribution >= 0.6 is 0 Å². The Balaban J connectivity index is 1.66. The number of aliphatic hydroxyl groups is 1. The summed E-state index contributed by atoms with van der Waals surface area (Å²) in [5, 5.41) is 10.7. The molecule has 1 N–H and O–H groups in total. The Hall–Kier alpha value is -4.39. The van der Waals surface area contributed by atoms with E-state index in [4.69, 9.17) is 9.47 Å². The molecule has 0 saturated heterocycles. The van der Waals surface area contributed by atoms with Gasteiger partial charge in [0.2, 0.25) is 0 Å². The van der Waals surface area contributed by atoms with Gasteiger partial charge in [-0.25, -0.2) is 4.39 Å². The van der Waals surface area contributed by atoms with Gasteiger partial charge < -0.3 is 19.5 Å². The van der Waals surface area contributed by atoms with E-state index in [1.807, 2.05) is 36.4 Å². The fraction of sp³-hybridized carbons (Fsp3) is 0.172. The van der Waals surface area contributed by atoms with E-state index >= 15 is 0 Å². The lowest BCUT2D eigenvalue weighted by Gasteiger charge is -2.27. The van der Waals surface area contributed by atoms with Crippen molar-refractivity contribution in [1.82, 2.24) is 4.90 Å². The fourth-order valence-corrected chi connectivity index (χ4v) is 4.27. The summed E-state index contributed by atoms with van der Waals surface area (Å²) in [6, 6.07) is 19.4. The standard InChI is InChI=1S/C29H26FNO5/c1-35-24-15-13-20(18-25(24)36-2)16-17-31-27(21-10-6-7-11-22(21)30)26(28(33)29(31)34)23(32)14-12-19-8-4-3-5-9-19/h3-15,18,27,33H,16-17H2,1-2H3/b14-12+/t27-/m0/s1. The van der Waals surface area contributed by atoms with Crippen molar-refractivity contribution in [3.8, 4) is 11.5 Å². The topological polar surface area (TPSA) is 76.1 Å². The summed E-state index contributed by atoms with van der Waals surface area (Å²) in [5.41, 5.74) is 1.61. The first kappa shape index (κ1) is 24.7. The van der Waals surface area contributed by atoms with Crippen molar-refractivity contribution in [3.05, 3.63) is 113 Å². The summed E-state index contributed by atoms with van der Waals surface area (Å²) >= 11 is 0. The molecule has 0 aromatic heterocycles. The molecule has 4 rings (SSSR count). The molecule has 0 aliphatic carbocycles. The number of benzene rings is 3. The second-order valence-electron chi connectivity index (χ2n) is 8.23. The van der Waals surface area contributed by atoms with Crippen molar-refractivity contribution in [1.29, 1.82) is 0 Å². The molecule has 1 aliphatic heterocycles. The average Bonchev–Trinajstić information content (AvgIpc) is 3.16. The van der Waals surface area contributed by atoms with Crippen LogP contribution in [0.3, 0.4) is 0 Å². The summed E-state index contributed by atoms with van der Waals surface area (Å²) in [7, 11) is 3.07. The highest BCUT2D eigenvalue weighted by molar-refractivity contribution is 6.14. The molecule has 0 fully saturated rings. The largest absolute Gasteiger partial charge is 0.503 e. The van der Waals surface area contributed by atoms with Crippen LogP contribution in [0.4, 0.5) is 4.39 Å². The van der Waals surface area contributed by atoms with Crippen LogP contribution in [0.2, 0.25) is 0 Å². The van der Waals surface area contributed by atoms with Gasteiger partial charge in [0, 0.05) is 12.1 Å². The molecule has 1 amide bonds. The predicted molar refractivity (Wildman–Crippen MR) is 134 cm³/mol. The number of carbonyl (C=O) groups is 2. The van der Waals surface area contributed by atoms with Gasteiger partial charge in [0.25, 0.3) is 5.91 Å². The van der Waals surface area contributed by atoms with E-state index in [-0.39, 0.29) is 17.7 Å². The molecule has 0 unspecified atom stereocenters. The highest BCUT2D eigenvalue weighted by atomic mass is 19.1. The molecule has 3 aromatic carbocycles. The van der Waals surface area contributed by atoms with Crippen LogP contribution in [0.25, 0.3) is 6.08 Å². The lowest BCUT2D eigenvalue weighted by Crippen LogP contribution is -2.33. The van der Waals surface area contributed by atoms with Crippen LogP contribution in [-0.4, -0.2) is 42.5 Å². The minimum atomic E-state index is -1.06. The number of ether oxygens (including phenoxy) is 2. The van der Waals surface area contributed by atoms with Gasteiger partial charge in [0.15, 0.2) is 23.0 Å². The molecule has 6 nitrogen and oxygen atoms in total. The minimum Gasteiger partial charge on any atom is -0.503 e. The Kier molecular flexibility index (Phi) is 7.49. The van der Waals surface area contributed by atoms with Gasteiger partial charge in [0.05, 0.1) is 25.8 Å². The van der Waals surface area contributed by atoms with Crippen molar-refractivity contribution in [3.63, 3.8) is 0 Å². The third-order valence-corrected chi connectivity index (χ3v) is 6.09. The molecule has 1 heterocycles. The number of allylic oxidation sites excluding steroid dienone is 1. The van der Waals surface area contributed by atoms with Gasteiger partial charge in [-0.3, -0.25) is 9.59 Å². The number of nitrogens with zero attached hydrogens (tertiary/aromatic N) is 1. The highest BCUT2D eigenvalue weighted by Gasteiger charge is 2.43. The SMILES string of the molecule is COc1ccc(CCN2C(=O)C(O)=C(C(=O)/C=C/c3ccccc3)[C@@H]2c2ccccc2F)cc1OC. The molecular formula is C29H26FNO5. The molecule has 3 aromatic rings. The van der Waals surface area contributed by atoms with E-state index in [0.29, 0.717) is 17.9 Å². The monoisotopic (exact) mass is 487 g/mol. The highest BCUT2D eigenvalue weighted by Crippen LogP contribution is 2.39. The quantitative estimate of drug-likeness (QED) is 0.427. The molecule has 7 heteroatoms. The minimum absolute atomic E-state index is 0.135. The van der Waals surface area contributed by atoms with E-state index in [1.54, 1.807) is 31.4 Å². The van der Waals surface area contributed by atoms with Crippen molar-refractivity contribution >= 4 is 17.8 Å². The van der Waals surface area contributed by atoms with Crippen LogP contribution in [0.5, 0.6) is 11.5 Å². The first-order valence-electron chi connectivity index (χ1n) is 11.4. The van der Waals surface area contributed by atoms with Crippen molar-refractivity contribution < 1.29 is 28.6 Å². The molecular weight excluding hydrogens is 461 g/mol. The molecule has 0 saturated carbocycles. The first-order chi connectivity index (χ1) is 17.4. The van der Waals surface area contributed by atoms with E-state index < -0.39 is 29.3 Å². The van der Waals surface area contributed by atoms with Gasteiger partial charge in [-0.15, -0.1) is 0 Å². The van der Waals surface area contributed by atoms with E-state index in [9.17, 15) is 19.1 Å². The first-order valence-corrected chi connectivity index (χ1v) is 11.4. The maximum atomic E-state index is 14.9. The second-order valence-corrected chi connectivity index (χ2v) is 8.23. The third kappa shape index (κ3) is 5.00. The number of ketones is 1. The molecule has 0 radical (unpaired) electrons. The average molecular weight is 488 g/mol. The molecule has 0 spiro atoms. The maximum absolute atomic E-state index is 14.9. The molecule has 0 bridgehead atoms. The maximum Gasteiger partial charge on any atom is 0.290 e. The summed E-state index contributed by atoms with van der Waals surface area (Å²) in [5.74, 6) is -1.42. The Morgan fingerprint density at radius 3 is 2.39 bits per heavy atom. The summed E-state index contributed by atoms with van der Waals surface area (Å²) in [6.07, 6.45) is 3.27. The van der Waals surface area contributed by atoms with E-state index in [0.717, 1.165) is 11.1 Å². The Morgan fingerprint density at radius 1 is 1.00 bits per heavy atom. The smallest absolute Gasteiger partial charge is 0.290 e. The Bertz CT molecular complexity index is 1330. The second kappa shape index (κ2) is 10.9. The van der Waals surface area contributed by atoms with Crippen molar-refractivity contribution in [2.24, 2.45) is 0 Å². The van der Waals surface area contributed by atoms with Gasteiger partial charge in [-0.2, -0.15) is 0 Å². The van der Waals surface area contributed by atoms with Crippen LogP contribution in [0.1, 0.15) is 22.7 Å². The lowest BCUT2D eigenvalue weighted by atomic mass is 9.95. The number of carbonyl (C=O) groups excluding carboxylic acids is 2. The molecule has 1 atom stereocenters. The zero-order valence-electron chi connectivity index (χ0n) is 20.0. The number of halogens is 1. The Morgan fingerprint density at radius 2 is 1.69 bits per heavy atom. The Labute approximate surface area is 208 Å². The molecule has 36 heavy (non-hydrogen) atoms. The third-order valence-electron chi connectivity index (χ3n) is 6.09.